The van der Waals surface area contributed by atoms with Crippen molar-refractivity contribution in [1.29, 1.82) is 0 Å². The molecule has 0 aromatic heterocycles. The van der Waals surface area contributed by atoms with Crippen LogP contribution in [0.2, 0.25) is 0 Å². The van der Waals surface area contributed by atoms with Gasteiger partial charge in [-0.1, -0.05) is 0 Å². The van der Waals surface area contributed by atoms with E-state index in [0.29, 0.717) is 26.1 Å². The molecule has 0 aromatic rings. The minimum Gasteiger partial charge on any atom is -0.444 e. The summed E-state index contributed by atoms with van der Waals surface area (Å²) >= 11 is 0. The third kappa shape index (κ3) is 6.08. The van der Waals surface area contributed by atoms with Crippen LogP contribution in [0.15, 0.2) is 0 Å². The molecule has 3 atom stereocenters. The number of carbonyl (C=O) groups is 1. The van der Waals surface area contributed by atoms with E-state index in [2.05, 4.69) is 0 Å². The van der Waals surface area contributed by atoms with Crippen LogP contribution in [0.3, 0.4) is 0 Å². The van der Waals surface area contributed by atoms with Gasteiger partial charge in [0.2, 0.25) is 0 Å². The minimum absolute atomic E-state index is 0.118. The fraction of sp³-hybridized carbons (Fsp3) is 0.947. The number of carbonyl (C=O) groups excluding carboxylic acids is 1. The number of amides is 1. The molecule has 26 heavy (non-hydrogen) atoms. The average Bonchev–Trinajstić information content (AvgIpc) is 2.86. The molecule has 0 radical (unpaired) electrons. The second-order valence-corrected chi connectivity index (χ2v) is 8.55. The molecule has 7 nitrogen and oxygen atoms in total. The average molecular weight is 373 g/mol. The number of nitrogens with zero attached hydrogens (tertiary/aromatic N) is 1. The Balaban J connectivity index is 1.83. The molecule has 1 amide bonds. The van der Waals surface area contributed by atoms with E-state index in [0.717, 1.165) is 25.9 Å². The van der Waals surface area contributed by atoms with Gasteiger partial charge >= 0.3 is 6.09 Å². The van der Waals surface area contributed by atoms with Crippen LogP contribution in [-0.2, 0) is 18.9 Å². The molecule has 152 valence electrons. The Hall–Kier alpha value is -0.890. The molecule has 0 aromatic carbocycles. The van der Waals surface area contributed by atoms with Crippen molar-refractivity contribution >= 4 is 6.09 Å². The predicted octanol–water partition coefficient (Wildman–Crippen LogP) is 3.04. The number of rotatable bonds is 6. The normalized spacial score (nSPS) is 27.4. The minimum atomic E-state index is -0.805. The van der Waals surface area contributed by atoms with Crippen molar-refractivity contribution in [2.75, 3.05) is 19.8 Å². The highest BCUT2D eigenvalue weighted by Gasteiger charge is 2.48. The smallest absolute Gasteiger partial charge is 0.412 e. The molecule has 2 saturated heterocycles. The van der Waals surface area contributed by atoms with Gasteiger partial charge in [-0.05, 0) is 66.7 Å². The highest BCUT2D eigenvalue weighted by Crippen LogP contribution is 2.32. The Bertz CT molecular complexity index is 455. The van der Waals surface area contributed by atoms with Crippen LogP contribution in [0.25, 0.3) is 0 Å². The lowest BCUT2D eigenvalue weighted by atomic mass is 10.1. The molecule has 1 N–H and O–H groups in total. The van der Waals surface area contributed by atoms with Gasteiger partial charge in [-0.2, -0.15) is 0 Å². The molecule has 2 aliphatic heterocycles. The second kappa shape index (κ2) is 8.87. The van der Waals surface area contributed by atoms with Gasteiger partial charge in [-0.3, -0.25) is 4.90 Å². The molecule has 0 aliphatic carbocycles. The van der Waals surface area contributed by atoms with Crippen molar-refractivity contribution in [3.05, 3.63) is 0 Å². The molecule has 2 aliphatic rings. The van der Waals surface area contributed by atoms with E-state index in [1.807, 2.05) is 34.6 Å². The molecule has 2 rings (SSSR count). The van der Waals surface area contributed by atoms with Gasteiger partial charge in [0.25, 0.3) is 0 Å². The van der Waals surface area contributed by atoms with Crippen molar-refractivity contribution in [3.8, 4) is 0 Å². The van der Waals surface area contributed by atoms with Crippen LogP contribution in [-0.4, -0.2) is 65.7 Å². The van der Waals surface area contributed by atoms with E-state index in [4.69, 9.17) is 18.9 Å². The first-order valence-corrected chi connectivity index (χ1v) is 9.68. The Morgan fingerprint density at radius 2 is 2.08 bits per heavy atom. The Morgan fingerprint density at radius 1 is 1.35 bits per heavy atom. The molecule has 7 heteroatoms. The quantitative estimate of drug-likeness (QED) is 0.721. The fourth-order valence-electron chi connectivity index (χ4n) is 3.32. The molecule has 2 heterocycles. The molecular weight excluding hydrogens is 338 g/mol. The zero-order valence-corrected chi connectivity index (χ0v) is 16.8. The molecule has 2 unspecified atom stereocenters. The predicted molar refractivity (Wildman–Crippen MR) is 96.7 cm³/mol. The Morgan fingerprint density at radius 3 is 2.69 bits per heavy atom. The maximum absolute atomic E-state index is 12.6. The largest absolute Gasteiger partial charge is 0.444 e. The summed E-state index contributed by atoms with van der Waals surface area (Å²) < 4.78 is 22.5. The summed E-state index contributed by atoms with van der Waals surface area (Å²) in [7, 11) is 0. The molecule has 0 spiro atoms. The third-order valence-corrected chi connectivity index (χ3v) is 4.64. The summed E-state index contributed by atoms with van der Waals surface area (Å²) in [5.41, 5.74) is -1.40. The highest BCUT2D eigenvalue weighted by molar-refractivity contribution is 5.69. The van der Waals surface area contributed by atoms with E-state index < -0.39 is 29.6 Å². The van der Waals surface area contributed by atoms with Crippen molar-refractivity contribution in [3.63, 3.8) is 0 Å². The summed E-state index contributed by atoms with van der Waals surface area (Å²) in [6.45, 7) is 10.7. The van der Waals surface area contributed by atoms with Gasteiger partial charge in [0.05, 0.1) is 18.8 Å². The van der Waals surface area contributed by atoms with E-state index in [-0.39, 0.29) is 6.29 Å². The van der Waals surface area contributed by atoms with Crippen molar-refractivity contribution in [2.45, 2.75) is 96.5 Å². The van der Waals surface area contributed by atoms with Gasteiger partial charge < -0.3 is 24.1 Å². The number of aliphatic hydroxyl groups is 1. The summed E-state index contributed by atoms with van der Waals surface area (Å²) in [6, 6.07) is -0.425. The molecule has 0 saturated carbocycles. The highest BCUT2D eigenvalue weighted by atomic mass is 16.7. The summed E-state index contributed by atoms with van der Waals surface area (Å²) in [5, 5.41) is 10.6. The van der Waals surface area contributed by atoms with Crippen LogP contribution >= 0.6 is 0 Å². The maximum Gasteiger partial charge on any atom is 0.412 e. The monoisotopic (exact) mass is 373 g/mol. The van der Waals surface area contributed by atoms with Gasteiger partial charge in [-0.15, -0.1) is 0 Å². The SMILES string of the molecule is CC(C)(C)OC(=O)N1C([C@H](O)CCCOC2CCCCO2)COC1(C)C. The first-order chi connectivity index (χ1) is 12.1. The van der Waals surface area contributed by atoms with E-state index >= 15 is 0 Å². The number of aliphatic hydroxyl groups excluding tert-OH is 1. The van der Waals surface area contributed by atoms with Crippen molar-refractivity contribution in [2.24, 2.45) is 0 Å². The third-order valence-electron chi connectivity index (χ3n) is 4.64. The lowest BCUT2D eigenvalue weighted by Gasteiger charge is -2.36. The summed E-state index contributed by atoms with van der Waals surface area (Å²) in [4.78, 5) is 14.1. The molecular formula is C19H35NO6. The second-order valence-electron chi connectivity index (χ2n) is 8.55. The standard InChI is InChI=1S/C19H35NO6/c1-18(2,3)26-17(22)20-14(13-25-19(20,4)5)15(21)9-8-12-24-16-10-6-7-11-23-16/h14-16,21H,6-13H2,1-5H3/t14?,15-,16?/m1/s1. The summed E-state index contributed by atoms with van der Waals surface area (Å²) in [5.74, 6) is 0. The lowest BCUT2D eigenvalue weighted by Crippen LogP contribution is -2.53. The van der Waals surface area contributed by atoms with E-state index in [1.54, 1.807) is 0 Å². The van der Waals surface area contributed by atoms with Crippen molar-refractivity contribution < 1.29 is 28.8 Å². The van der Waals surface area contributed by atoms with Gasteiger partial charge in [-0.25, -0.2) is 4.79 Å². The van der Waals surface area contributed by atoms with Crippen LogP contribution in [0.5, 0.6) is 0 Å². The van der Waals surface area contributed by atoms with Gasteiger partial charge in [0.15, 0.2) is 6.29 Å². The summed E-state index contributed by atoms with van der Waals surface area (Å²) in [6.07, 6.45) is 3.10. The number of ether oxygens (including phenoxy) is 4. The number of hydrogen-bond donors (Lipinski definition) is 1. The van der Waals surface area contributed by atoms with Crippen LogP contribution in [0, 0.1) is 0 Å². The van der Waals surface area contributed by atoms with Gasteiger partial charge in [0.1, 0.15) is 11.3 Å². The number of hydrogen-bond acceptors (Lipinski definition) is 6. The first-order valence-electron chi connectivity index (χ1n) is 9.68. The van der Waals surface area contributed by atoms with Crippen molar-refractivity contribution in [1.82, 2.24) is 4.90 Å². The first kappa shape index (κ1) is 21.4. The van der Waals surface area contributed by atoms with Crippen LogP contribution < -0.4 is 0 Å². The lowest BCUT2D eigenvalue weighted by molar-refractivity contribution is -0.163. The van der Waals surface area contributed by atoms with Gasteiger partial charge in [0, 0.05) is 13.2 Å². The molecule has 0 bridgehead atoms. The van der Waals surface area contributed by atoms with E-state index in [1.165, 1.54) is 4.90 Å². The van der Waals surface area contributed by atoms with Crippen LogP contribution in [0.4, 0.5) is 4.79 Å². The zero-order valence-electron chi connectivity index (χ0n) is 16.8. The Kier molecular flexibility index (Phi) is 7.30. The zero-order chi connectivity index (χ0) is 19.4. The Labute approximate surface area is 156 Å². The topological polar surface area (TPSA) is 77.5 Å². The van der Waals surface area contributed by atoms with Crippen LogP contribution in [0.1, 0.15) is 66.7 Å². The molecule has 2 fully saturated rings. The fourth-order valence-corrected chi connectivity index (χ4v) is 3.32. The maximum atomic E-state index is 12.6. The van der Waals surface area contributed by atoms with E-state index in [9.17, 15) is 9.90 Å².